The Balaban J connectivity index is 1.68. The molecule has 0 atom stereocenters. The van der Waals surface area contributed by atoms with E-state index in [1.807, 2.05) is 56.4 Å². The fourth-order valence-electron chi connectivity index (χ4n) is 3.53. The molecule has 1 aliphatic heterocycles. The molecule has 0 radical (unpaired) electrons. The summed E-state index contributed by atoms with van der Waals surface area (Å²) in [6, 6.07) is 13.7. The summed E-state index contributed by atoms with van der Waals surface area (Å²) in [5.41, 5.74) is 6.82. The molecule has 5 heteroatoms. The van der Waals surface area contributed by atoms with Gasteiger partial charge in [0.1, 0.15) is 0 Å². The minimum absolute atomic E-state index is 0.165. The first-order valence-corrected chi connectivity index (χ1v) is 9.30. The van der Waals surface area contributed by atoms with Crippen LogP contribution in [0.1, 0.15) is 16.7 Å². The number of benzene rings is 2. The molecule has 0 spiro atoms. The van der Waals surface area contributed by atoms with Crippen molar-refractivity contribution < 1.29 is 4.79 Å². The smallest absolute Gasteiger partial charge is 0.306 e. The summed E-state index contributed by atoms with van der Waals surface area (Å²) in [7, 11) is 0. The summed E-state index contributed by atoms with van der Waals surface area (Å²) in [4.78, 5) is 18.9. The van der Waals surface area contributed by atoms with Gasteiger partial charge in [-0.3, -0.25) is 9.88 Å². The second-order valence-corrected chi connectivity index (χ2v) is 7.12. The molecular formula is C22H20ClN3O. The topological polar surface area (TPSA) is 45.2 Å². The molecule has 1 aliphatic rings. The average Bonchev–Trinajstić information content (AvgIpc) is 3.13. The molecule has 0 saturated carbocycles. The Bertz CT molecular complexity index is 1020. The second kappa shape index (κ2) is 7.05. The minimum atomic E-state index is -0.165. The first kappa shape index (κ1) is 17.6. The third-order valence-electron chi connectivity index (χ3n) is 5.17. The first-order chi connectivity index (χ1) is 13.1. The number of aromatic nitrogens is 1. The quantitative estimate of drug-likeness (QED) is 0.630. The molecule has 2 aromatic carbocycles. The van der Waals surface area contributed by atoms with Crippen molar-refractivity contribution in [2.45, 2.75) is 20.3 Å². The van der Waals surface area contributed by atoms with Crippen molar-refractivity contribution >= 4 is 29.0 Å². The van der Waals surface area contributed by atoms with Crippen LogP contribution in [0, 0.1) is 13.8 Å². The molecule has 3 aromatic rings. The Morgan fingerprint density at radius 3 is 2.74 bits per heavy atom. The monoisotopic (exact) mass is 377 g/mol. The van der Waals surface area contributed by atoms with Gasteiger partial charge in [0.25, 0.3) is 0 Å². The summed E-state index contributed by atoms with van der Waals surface area (Å²) in [5, 5.41) is 3.58. The van der Waals surface area contributed by atoms with E-state index < -0.39 is 0 Å². The van der Waals surface area contributed by atoms with Crippen molar-refractivity contribution in [1.29, 1.82) is 0 Å². The highest BCUT2D eigenvalue weighted by atomic mass is 35.5. The van der Waals surface area contributed by atoms with E-state index in [2.05, 4.69) is 16.4 Å². The average molecular weight is 378 g/mol. The van der Waals surface area contributed by atoms with E-state index in [4.69, 9.17) is 11.6 Å². The predicted molar refractivity (Wildman–Crippen MR) is 111 cm³/mol. The molecule has 4 rings (SSSR count). The van der Waals surface area contributed by atoms with Crippen molar-refractivity contribution in [2.24, 2.45) is 0 Å². The third-order valence-corrected chi connectivity index (χ3v) is 5.65. The van der Waals surface area contributed by atoms with Gasteiger partial charge in [0.2, 0.25) is 0 Å². The number of anilines is 2. The Morgan fingerprint density at radius 2 is 1.96 bits per heavy atom. The summed E-state index contributed by atoms with van der Waals surface area (Å²) in [6.45, 7) is 4.67. The van der Waals surface area contributed by atoms with Crippen LogP contribution in [0.5, 0.6) is 0 Å². The fourth-order valence-corrected chi connectivity index (χ4v) is 3.77. The number of nitrogens with one attached hydrogen (secondary N) is 1. The van der Waals surface area contributed by atoms with E-state index in [0.29, 0.717) is 17.3 Å². The summed E-state index contributed by atoms with van der Waals surface area (Å²) in [6.07, 6.45) is 4.43. The van der Waals surface area contributed by atoms with Gasteiger partial charge in [-0.2, -0.15) is 0 Å². The molecule has 4 nitrogen and oxygen atoms in total. The molecule has 0 fully saturated rings. The van der Waals surface area contributed by atoms with Gasteiger partial charge in [-0.25, -0.2) is 4.79 Å². The number of carbonyl (C=O) groups is 1. The standard InChI is InChI=1S/C22H20ClN3O/c1-14-15(2)21(23)19(12-18(14)17-7-5-10-24-13-17)25-22(27)26-11-9-16-6-3-4-8-20(16)26/h3-8,10,12-13H,9,11H2,1-2H3,(H,25,27). The first-order valence-electron chi connectivity index (χ1n) is 8.93. The van der Waals surface area contributed by atoms with Gasteiger partial charge >= 0.3 is 6.03 Å². The van der Waals surface area contributed by atoms with Crippen LogP contribution >= 0.6 is 11.6 Å². The van der Waals surface area contributed by atoms with Gasteiger partial charge in [0, 0.05) is 30.2 Å². The van der Waals surface area contributed by atoms with Gasteiger partial charge in [0.15, 0.2) is 0 Å². The van der Waals surface area contributed by atoms with Crippen LogP contribution in [0.25, 0.3) is 11.1 Å². The third kappa shape index (κ3) is 3.17. The second-order valence-electron chi connectivity index (χ2n) is 6.74. The predicted octanol–water partition coefficient (Wildman–Crippen LogP) is 5.61. The minimum Gasteiger partial charge on any atom is -0.306 e. The van der Waals surface area contributed by atoms with Gasteiger partial charge in [-0.05, 0) is 60.7 Å². The van der Waals surface area contributed by atoms with Crippen LogP contribution in [-0.2, 0) is 6.42 Å². The number of pyridine rings is 1. The summed E-state index contributed by atoms with van der Waals surface area (Å²) in [5.74, 6) is 0. The SMILES string of the molecule is Cc1c(-c2cccnc2)cc(NC(=O)N2CCc3ccccc32)c(Cl)c1C. The molecule has 0 aliphatic carbocycles. The van der Waals surface area contributed by atoms with E-state index in [9.17, 15) is 4.79 Å². The number of hydrogen-bond acceptors (Lipinski definition) is 2. The zero-order chi connectivity index (χ0) is 19.0. The Kier molecular flexibility index (Phi) is 4.58. The lowest BCUT2D eigenvalue weighted by Gasteiger charge is -2.20. The van der Waals surface area contributed by atoms with Gasteiger partial charge < -0.3 is 5.32 Å². The molecule has 1 N–H and O–H groups in total. The van der Waals surface area contributed by atoms with Crippen LogP contribution in [0.4, 0.5) is 16.2 Å². The number of para-hydroxylation sites is 1. The van der Waals surface area contributed by atoms with Crippen molar-refractivity contribution in [1.82, 2.24) is 4.98 Å². The number of carbonyl (C=O) groups excluding carboxylic acids is 1. The Labute approximate surface area is 163 Å². The lowest BCUT2D eigenvalue weighted by atomic mass is 9.97. The fraction of sp³-hybridized carbons (Fsp3) is 0.182. The van der Waals surface area contributed by atoms with Gasteiger partial charge in [-0.15, -0.1) is 0 Å². The maximum absolute atomic E-state index is 12.9. The molecule has 27 heavy (non-hydrogen) atoms. The molecule has 0 unspecified atom stereocenters. The van der Waals surface area contributed by atoms with Crippen LogP contribution in [-0.4, -0.2) is 17.6 Å². The largest absolute Gasteiger partial charge is 0.326 e. The molecule has 1 aromatic heterocycles. The van der Waals surface area contributed by atoms with E-state index >= 15 is 0 Å². The van der Waals surface area contributed by atoms with E-state index in [0.717, 1.165) is 34.4 Å². The molecule has 136 valence electrons. The summed E-state index contributed by atoms with van der Waals surface area (Å²) >= 11 is 6.56. The highest BCUT2D eigenvalue weighted by Gasteiger charge is 2.25. The van der Waals surface area contributed by atoms with Crippen molar-refractivity contribution in [3.05, 3.63) is 76.6 Å². The Morgan fingerprint density at radius 1 is 1.15 bits per heavy atom. The lowest BCUT2D eigenvalue weighted by Crippen LogP contribution is -2.33. The van der Waals surface area contributed by atoms with E-state index in [1.54, 1.807) is 11.1 Å². The number of rotatable bonds is 2. The zero-order valence-electron chi connectivity index (χ0n) is 15.3. The van der Waals surface area contributed by atoms with Crippen molar-refractivity contribution in [3.8, 4) is 11.1 Å². The van der Waals surface area contributed by atoms with Crippen LogP contribution < -0.4 is 10.2 Å². The summed E-state index contributed by atoms with van der Waals surface area (Å²) < 4.78 is 0. The molecule has 2 amide bonds. The highest BCUT2D eigenvalue weighted by Crippen LogP contribution is 2.36. The highest BCUT2D eigenvalue weighted by molar-refractivity contribution is 6.35. The number of amides is 2. The van der Waals surface area contributed by atoms with Crippen molar-refractivity contribution in [2.75, 3.05) is 16.8 Å². The number of urea groups is 1. The zero-order valence-corrected chi connectivity index (χ0v) is 16.0. The molecular weight excluding hydrogens is 358 g/mol. The number of hydrogen-bond donors (Lipinski definition) is 1. The number of halogens is 1. The molecule has 2 heterocycles. The number of nitrogens with zero attached hydrogens (tertiary/aromatic N) is 2. The maximum Gasteiger partial charge on any atom is 0.326 e. The van der Waals surface area contributed by atoms with Crippen LogP contribution in [0.2, 0.25) is 5.02 Å². The normalized spacial score (nSPS) is 12.8. The van der Waals surface area contributed by atoms with Crippen LogP contribution in [0.15, 0.2) is 54.9 Å². The lowest BCUT2D eigenvalue weighted by molar-refractivity contribution is 0.257. The van der Waals surface area contributed by atoms with Crippen LogP contribution in [0.3, 0.4) is 0 Å². The van der Waals surface area contributed by atoms with E-state index in [-0.39, 0.29) is 6.03 Å². The molecule has 0 bridgehead atoms. The van der Waals surface area contributed by atoms with E-state index in [1.165, 1.54) is 5.56 Å². The van der Waals surface area contributed by atoms with Gasteiger partial charge in [0.05, 0.1) is 10.7 Å². The Hall–Kier alpha value is -2.85. The molecule has 0 saturated heterocycles. The van der Waals surface area contributed by atoms with Crippen molar-refractivity contribution in [3.63, 3.8) is 0 Å². The van der Waals surface area contributed by atoms with Gasteiger partial charge in [-0.1, -0.05) is 35.9 Å². The number of fused-ring (bicyclic) bond motifs is 1. The maximum atomic E-state index is 12.9.